The van der Waals surface area contributed by atoms with Crippen molar-refractivity contribution in [2.45, 2.75) is 57.3 Å². The molecule has 0 spiro atoms. The van der Waals surface area contributed by atoms with Crippen molar-refractivity contribution < 1.29 is 14.6 Å². The number of aliphatic hydroxyl groups excluding tert-OH is 2. The van der Waals surface area contributed by atoms with Gasteiger partial charge in [0.25, 0.3) is 0 Å². The fourth-order valence-electron chi connectivity index (χ4n) is 4.01. The predicted molar refractivity (Wildman–Crippen MR) is 84.4 cm³/mol. The maximum atomic E-state index is 9.40. The third-order valence-electron chi connectivity index (χ3n) is 5.12. The molecule has 2 fully saturated rings. The van der Waals surface area contributed by atoms with E-state index < -0.39 is 0 Å². The molecule has 0 amide bonds. The molecule has 1 atom stereocenters. The van der Waals surface area contributed by atoms with Crippen molar-refractivity contribution in [3.63, 3.8) is 0 Å². The van der Waals surface area contributed by atoms with E-state index in [9.17, 15) is 5.11 Å². The van der Waals surface area contributed by atoms with E-state index in [1.165, 1.54) is 25.7 Å². The molecular formula is C17H28N2O3. The van der Waals surface area contributed by atoms with Crippen LogP contribution in [0, 0.1) is 0 Å². The first-order valence-electron chi connectivity index (χ1n) is 8.57. The summed E-state index contributed by atoms with van der Waals surface area (Å²) in [7, 11) is 0. The Hall–Kier alpha value is -0.880. The third-order valence-corrected chi connectivity index (χ3v) is 5.12. The Morgan fingerprint density at radius 3 is 2.55 bits per heavy atom. The van der Waals surface area contributed by atoms with E-state index in [2.05, 4.69) is 9.80 Å². The maximum Gasteiger partial charge on any atom is 0.129 e. The highest BCUT2D eigenvalue weighted by molar-refractivity contribution is 5.06. The Morgan fingerprint density at radius 2 is 1.86 bits per heavy atom. The van der Waals surface area contributed by atoms with Crippen molar-refractivity contribution in [3.8, 4) is 0 Å². The highest BCUT2D eigenvalue weighted by Gasteiger charge is 2.33. The minimum absolute atomic E-state index is 0.0391. The van der Waals surface area contributed by atoms with Crippen LogP contribution in [0.2, 0.25) is 0 Å². The van der Waals surface area contributed by atoms with E-state index in [0.717, 1.165) is 44.4 Å². The summed E-state index contributed by atoms with van der Waals surface area (Å²) in [5.74, 6) is 1.55. The average molecular weight is 308 g/mol. The molecule has 1 aromatic heterocycles. The minimum Gasteiger partial charge on any atom is -0.462 e. The van der Waals surface area contributed by atoms with Crippen LogP contribution in [0.5, 0.6) is 0 Å². The normalized spacial score (nSPS) is 25.1. The highest BCUT2D eigenvalue weighted by Crippen LogP contribution is 2.28. The van der Waals surface area contributed by atoms with Crippen LogP contribution in [0.4, 0.5) is 0 Å². The summed E-state index contributed by atoms with van der Waals surface area (Å²) < 4.78 is 5.60. The molecule has 1 aromatic rings. The highest BCUT2D eigenvalue weighted by atomic mass is 16.4. The van der Waals surface area contributed by atoms with Gasteiger partial charge < -0.3 is 14.6 Å². The second-order valence-electron chi connectivity index (χ2n) is 6.60. The number of nitrogens with zero attached hydrogens (tertiary/aromatic N) is 2. The Kier molecular flexibility index (Phi) is 5.52. The molecule has 1 aliphatic heterocycles. The van der Waals surface area contributed by atoms with Crippen LogP contribution < -0.4 is 0 Å². The monoisotopic (exact) mass is 308 g/mol. The molecule has 3 rings (SSSR count). The van der Waals surface area contributed by atoms with Gasteiger partial charge in [0.05, 0.1) is 6.54 Å². The second kappa shape index (κ2) is 7.59. The molecular weight excluding hydrogens is 280 g/mol. The van der Waals surface area contributed by atoms with Crippen LogP contribution in [0.25, 0.3) is 0 Å². The van der Waals surface area contributed by atoms with E-state index in [1.807, 2.05) is 12.1 Å². The lowest BCUT2D eigenvalue weighted by Crippen LogP contribution is -2.55. The Bertz CT molecular complexity index is 457. The molecule has 5 heteroatoms. The zero-order valence-corrected chi connectivity index (χ0v) is 13.3. The van der Waals surface area contributed by atoms with Crippen molar-refractivity contribution in [1.29, 1.82) is 0 Å². The summed E-state index contributed by atoms with van der Waals surface area (Å²) in [6, 6.07) is 4.98. The smallest absolute Gasteiger partial charge is 0.129 e. The number of aliphatic hydroxyl groups is 2. The number of furan rings is 1. The standard InChI is InChI=1S/C17H28N2O3/c20-10-7-15-11-18(12-16-5-6-17(13-21)22-16)8-9-19(15)14-3-1-2-4-14/h5-6,14-15,20-21H,1-4,7-13H2/t15-/m0/s1. The van der Waals surface area contributed by atoms with Crippen molar-refractivity contribution in [2.24, 2.45) is 0 Å². The summed E-state index contributed by atoms with van der Waals surface area (Å²) in [5.41, 5.74) is 0. The fraction of sp³-hybridized carbons (Fsp3) is 0.765. The van der Waals surface area contributed by atoms with Gasteiger partial charge in [-0.15, -0.1) is 0 Å². The number of rotatable bonds is 6. The predicted octanol–water partition coefficient (Wildman–Crippen LogP) is 1.58. The Morgan fingerprint density at radius 1 is 1.09 bits per heavy atom. The van der Waals surface area contributed by atoms with Crippen LogP contribution in [0.1, 0.15) is 43.6 Å². The number of hydrogen-bond acceptors (Lipinski definition) is 5. The summed E-state index contributed by atoms with van der Waals surface area (Å²) in [4.78, 5) is 5.05. The van der Waals surface area contributed by atoms with Crippen molar-refractivity contribution in [2.75, 3.05) is 26.2 Å². The van der Waals surface area contributed by atoms with E-state index in [4.69, 9.17) is 9.52 Å². The summed E-state index contributed by atoms with van der Waals surface area (Å²) in [6.45, 7) is 4.14. The minimum atomic E-state index is -0.0391. The van der Waals surface area contributed by atoms with E-state index in [-0.39, 0.29) is 13.2 Å². The van der Waals surface area contributed by atoms with Crippen LogP contribution in [-0.4, -0.2) is 58.3 Å². The lowest BCUT2D eigenvalue weighted by molar-refractivity contribution is 0.0240. The van der Waals surface area contributed by atoms with Crippen molar-refractivity contribution >= 4 is 0 Å². The van der Waals surface area contributed by atoms with Gasteiger partial charge in [0.2, 0.25) is 0 Å². The molecule has 2 aliphatic rings. The van der Waals surface area contributed by atoms with Gasteiger partial charge >= 0.3 is 0 Å². The Balaban J connectivity index is 1.59. The second-order valence-corrected chi connectivity index (χ2v) is 6.60. The van der Waals surface area contributed by atoms with Crippen LogP contribution >= 0.6 is 0 Å². The first-order chi connectivity index (χ1) is 10.8. The first kappa shape index (κ1) is 16.0. The molecule has 2 N–H and O–H groups in total. The van der Waals surface area contributed by atoms with Gasteiger partial charge in [-0.1, -0.05) is 12.8 Å². The zero-order valence-electron chi connectivity index (χ0n) is 13.3. The Labute approximate surface area is 132 Å². The SMILES string of the molecule is OCC[C@H]1CN(Cc2ccc(CO)o2)CCN1C1CCCC1. The summed E-state index contributed by atoms with van der Waals surface area (Å²) in [6.07, 6.45) is 6.20. The third kappa shape index (κ3) is 3.71. The molecule has 0 unspecified atom stereocenters. The molecule has 0 radical (unpaired) electrons. The molecule has 124 valence electrons. The molecule has 0 aromatic carbocycles. The van der Waals surface area contributed by atoms with Gasteiger partial charge in [0, 0.05) is 38.3 Å². The lowest BCUT2D eigenvalue weighted by atomic mass is 10.0. The topological polar surface area (TPSA) is 60.1 Å². The summed E-state index contributed by atoms with van der Waals surface area (Å²) >= 11 is 0. The first-order valence-corrected chi connectivity index (χ1v) is 8.57. The van der Waals surface area contributed by atoms with Crippen LogP contribution in [0.3, 0.4) is 0 Å². The maximum absolute atomic E-state index is 9.40. The van der Waals surface area contributed by atoms with Crippen molar-refractivity contribution in [3.05, 3.63) is 23.7 Å². The van der Waals surface area contributed by atoms with Crippen LogP contribution in [0.15, 0.2) is 16.5 Å². The van der Waals surface area contributed by atoms with Gasteiger partial charge in [-0.2, -0.15) is 0 Å². The van der Waals surface area contributed by atoms with E-state index in [1.54, 1.807) is 0 Å². The number of piperazine rings is 1. The fourth-order valence-corrected chi connectivity index (χ4v) is 4.01. The molecule has 1 aliphatic carbocycles. The van der Waals surface area contributed by atoms with Crippen molar-refractivity contribution in [1.82, 2.24) is 9.80 Å². The molecule has 2 heterocycles. The van der Waals surface area contributed by atoms with E-state index in [0.29, 0.717) is 11.8 Å². The molecule has 1 saturated heterocycles. The van der Waals surface area contributed by atoms with Gasteiger partial charge in [-0.3, -0.25) is 9.80 Å². The zero-order chi connectivity index (χ0) is 15.4. The molecule has 5 nitrogen and oxygen atoms in total. The van der Waals surface area contributed by atoms with Gasteiger partial charge in [0.1, 0.15) is 18.1 Å². The molecule has 0 bridgehead atoms. The average Bonchev–Trinajstić information content (AvgIpc) is 3.19. The van der Waals surface area contributed by atoms with Gasteiger partial charge in [-0.05, 0) is 31.4 Å². The van der Waals surface area contributed by atoms with Crippen LogP contribution in [-0.2, 0) is 13.2 Å². The molecule has 1 saturated carbocycles. The lowest BCUT2D eigenvalue weighted by Gasteiger charge is -2.44. The molecule has 22 heavy (non-hydrogen) atoms. The quantitative estimate of drug-likeness (QED) is 0.835. The number of hydrogen-bond donors (Lipinski definition) is 2. The summed E-state index contributed by atoms with van der Waals surface area (Å²) in [5, 5.41) is 18.5. The van der Waals surface area contributed by atoms with E-state index >= 15 is 0 Å². The van der Waals surface area contributed by atoms with Gasteiger partial charge in [0.15, 0.2) is 0 Å². The largest absolute Gasteiger partial charge is 0.462 e. The van der Waals surface area contributed by atoms with Gasteiger partial charge in [-0.25, -0.2) is 0 Å².